The summed E-state index contributed by atoms with van der Waals surface area (Å²) in [4.78, 5) is 17.1. The molecule has 0 spiro atoms. The Kier molecular flexibility index (Phi) is 5.92. The topological polar surface area (TPSA) is 106 Å². The summed E-state index contributed by atoms with van der Waals surface area (Å²) < 4.78 is 29.0. The van der Waals surface area contributed by atoms with E-state index >= 15 is 0 Å². The number of anilines is 1. The summed E-state index contributed by atoms with van der Waals surface area (Å²) in [6, 6.07) is 5.63. The summed E-state index contributed by atoms with van der Waals surface area (Å²) in [6.07, 6.45) is 3.20. The lowest BCUT2D eigenvalue weighted by atomic mass is 10.2. The maximum atomic E-state index is 12.7. The van der Waals surface area contributed by atoms with Crippen molar-refractivity contribution in [2.75, 3.05) is 5.32 Å². The second-order valence-corrected chi connectivity index (χ2v) is 9.31. The van der Waals surface area contributed by atoms with Gasteiger partial charge in [0, 0.05) is 17.5 Å². The molecule has 8 nitrogen and oxygen atoms in total. The summed E-state index contributed by atoms with van der Waals surface area (Å²) in [5.74, 6) is -0.533. The van der Waals surface area contributed by atoms with Crippen molar-refractivity contribution in [3.8, 4) is 0 Å². The minimum atomic E-state index is -3.75. The molecular formula is C19H22ClN5O3S. The van der Waals surface area contributed by atoms with E-state index in [1.807, 2.05) is 13.8 Å². The Balaban J connectivity index is 1.89. The zero-order chi connectivity index (χ0) is 21.3. The Morgan fingerprint density at radius 3 is 2.52 bits per heavy atom. The van der Waals surface area contributed by atoms with Crippen LogP contribution in [0.2, 0.25) is 5.02 Å². The van der Waals surface area contributed by atoms with Gasteiger partial charge < -0.3 is 5.32 Å². The molecule has 1 aromatic carbocycles. The lowest BCUT2D eigenvalue weighted by molar-refractivity contribution is 0.102. The van der Waals surface area contributed by atoms with Crippen molar-refractivity contribution >= 4 is 44.3 Å². The molecule has 154 valence electrons. The van der Waals surface area contributed by atoms with Gasteiger partial charge in [0.25, 0.3) is 5.91 Å². The molecule has 0 atom stereocenters. The predicted molar refractivity (Wildman–Crippen MR) is 113 cm³/mol. The average Bonchev–Trinajstić information content (AvgIpc) is 3.04. The third-order valence-electron chi connectivity index (χ3n) is 4.06. The molecule has 0 unspecified atom stereocenters. The van der Waals surface area contributed by atoms with Crippen LogP contribution in [0.15, 0.2) is 41.6 Å². The predicted octanol–water partition coefficient (Wildman–Crippen LogP) is 3.60. The fourth-order valence-corrected chi connectivity index (χ4v) is 4.29. The van der Waals surface area contributed by atoms with Gasteiger partial charge in [0.2, 0.25) is 10.0 Å². The summed E-state index contributed by atoms with van der Waals surface area (Å²) in [7, 11) is -3.75. The fourth-order valence-electron chi connectivity index (χ4n) is 2.81. The van der Waals surface area contributed by atoms with E-state index in [1.165, 1.54) is 24.4 Å². The van der Waals surface area contributed by atoms with Gasteiger partial charge >= 0.3 is 0 Å². The van der Waals surface area contributed by atoms with Gasteiger partial charge in [-0.2, -0.15) is 5.10 Å². The third kappa shape index (κ3) is 4.58. The highest BCUT2D eigenvalue weighted by Gasteiger charge is 2.20. The molecule has 0 aliphatic heterocycles. The van der Waals surface area contributed by atoms with E-state index in [2.05, 4.69) is 20.1 Å². The summed E-state index contributed by atoms with van der Waals surface area (Å²) in [6.45, 7) is 7.43. The van der Waals surface area contributed by atoms with E-state index in [9.17, 15) is 13.2 Å². The van der Waals surface area contributed by atoms with E-state index in [-0.39, 0.29) is 27.6 Å². The van der Waals surface area contributed by atoms with Crippen LogP contribution in [-0.2, 0) is 10.0 Å². The van der Waals surface area contributed by atoms with Crippen LogP contribution in [0.1, 0.15) is 44.1 Å². The second kappa shape index (κ2) is 8.10. The highest BCUT2D eigenvalue weighted by Crippen LogP contribution is 2.23. The van der Waals surface area contributed by atoms with Gasteiger partial charge in [0.1, 0.15) is 0 Å². The molecule has 29 heavy (non-hydrogen) atoms. The number of hydrogen-bond donors (Lipinski definition) is 2. The lowest BCUT2D eigenvalue weighted by Crippen LogP contribution is -2.30. The van der Waals surface area contributed by atoms with Crippen LogP contribution in [0.5, 0.6) is 0 Å². The smallest absolute Gasteiger partial charge is 0.257 e. The van der Waals surface area contributed by atoms with Gasteiger partial charge in [-0.3, -0.25) is 4.79 Å². The van der Waals surface area contributed by atoms with Crippen LogP contribution in [0.25, 0.3) is 11.0 Å². The first-order valence-corrected chi connectivity index (χ1v) is 10.9. The van der Waals surface area contributed by atoms with Gasteiger partial charge in [-0.1, -0.05) is 11.6 Å². The normalized spacial score (nSPS) is 12.1. The first kappa shape index (κ1) is 21.2. The second-order valence-electron chi connectivity index (χ2n) is 7.19. The lowest BCUT2D eigenvalue weighted by Gasteiger charge is -2.12. The molecule has 0 bridgehead atoms. The first-order chi connectivity index (χ1) is 13.6. The van der Waals surface area contributed by atoms with Crippen LogP contribution in [0.3, 0.4) is 0 Å². The number of amides is 1. The van der Waals surface area contributed by atoms with Crippen LogP contribution < -0.4 is 10.0 Å². The van der Waals surface area contributed by atoms with Crippen molar-refractivity contribution in [3.05, 3.63) is 47.2 Å². The molecular weight excluding hydrogens is 414 g/mol. The number of sulfonamides is 1. The monoisotopic (exact) mass is 435 g/mol. The maximum Gasteiger partial charge on any atom is 0.257 e. The number of rotatable bonds is 6. The van der Waals surface area contributed by atoms with Gasteiger partial charge in [-0.05, 0) is 52.0 Å². The molecule has 0 aliphatic carbocycles. The number of benzene rings is 1. The Labute approximate surface area is 174 Å². The van der Waals surface area contributed by atoms with Gasteiger partial charge in [-0.25, -0.2) is 22.8 Å². The molecule has 0 fully saturated rings. The minimum Gasteiger partial charge on any atom is -0.321 e. The number of pyridine rings is 1. The summed E-state index contributed by atoms with van der Waals surface area (Å²) in [5, 5.41) is 7.93. The number of nitrogens with one attached hydrogen (secondary N) is 2. The van der Waals surface area contributed by atoms with Crippen molar-refractivity contribution in [1.29, 1.82) is 0 Å². The van der Waals surface area contributed by atoms with E-state index < -0.39 is 15.9 Å². The average molecular weight is 436 g/mol. The first-order valence-electron chi connectivity index (χ1n) is 9.05. The standard InChI is InChI=1S/C19H22ClN5O3S/c1-11(2)24-29(27,28)15-5-6-17(20)16(8-15)19(26)23-14-7-13-9-22-25(12(3)4)18(13)21-10-14/h5-12,24H,1-4H3,(H,23,26). The number of nitrogens with zero attached hydrogens (tertiary/aromatic N) is 3. The van der Waals surface area contributed by atoms with E-state index in [1.54, 1.807) is 30.8 Å². The number of hydrogen-bond acceptors (Lipinski definition) is 5. The molecule has 2 aromatic heterocycles. The van der Waals surface area contributed by atoms with E-state index in [4.69, 9.17) is 11.6 Å². The zero-order valence-electron chi connectivity index (χ0n) is 16.5. The fraction of sp³-hybridized carbons (Fsp3) is 0.316. The van der Waals surface area contributed by atoms with Crippen LogP contribution >= 0.6 is 11.6 Å². The van der Waals surface area contributed by atoms with Crippen molar-refractivity contribution in [2.24, 2.45) is 0 Å². The van der Waals surface area contributed by atoms with Crippen molar-refractivity contribution in [2.45, 2.75) is 44.7 Å². The van der Waals surface area contributed by atoms with Gasteiger partial charge in [0.15, 0.2) is 5.65 Å². The van der Waals surface area contributed by atoms with Gasteiger partial charge in [0.05, 0.1) is 33.6 Å². The Morgan fingerprint density at radius 2 is 1.86 bits per heavy atom. The number of carbonyl (C=O) groups is 1. The zero-order valence-corrected chi connectivity index (χ0v) is 18.0. The Hall–Kier alpha value is -2.49. The SMILES string of the molecule is CC(C)NS(=O)(=O)c1ccc(Cl)c(C(=O)Nc2cnc3c(cnn3C(C)C)c2)c1. The molecule has 10 heteroatoms. The van der Waals surface area contributed by atoms with E-state index in [0.717, 1.165) is 5.39 Å². The number of carbonyl (C=O) groups excluding carboxylic acids is 1. The molecule has 0 saturated carbocycles. The molecule has 0 saturated heterocycles. The number of fused-ring (bicyclic) bond motifs is 1. The van der Waals surface area contributed by atoms with Crippen LogP contribution in [0, 0.1) is 0 Å². The Morgan fingerprint density at radius 1 is 1.14 bits per heavy atom. The number of aromatic nitrogens is 3. The van der Waals surface area contributed by atoms with Crippen LogP contribution in [-0.4, -0.2) is 35.1 Å². The highest BCUT2D eigenvalue weighted by atomic mass is 35.5. The molecule has 3 rings (SSSR count). The summed E-state index contributed by atoms with van der Waals surface area (Å²) in [5.41, 5.74) is 1.22. The van der Waals surface area contributed by atoms with Crippen molar-refractivity contribution < 1.29 is 13.2 Å². The molecule has 1 amide bonds. The van der Waals surface area contributed by atoms with Crippen molar-refractivity contribution in [1.82, 2.24) is 19.5 Å². The molecule has 3 aromatic rings. The molecule has 2 N–H and O–H groups in total. The van der Waals surface area contributed by atoms with Crippen LogP contribution in [0.4, 0.5) is 5.69 Å². The summed E-state index contributed by atoms with van der Waals surface area (Å²) >= 11 is 6.14. The quantitative estimate of drug-likeness (QED) is 0.615. The molecule has 2 heterocycles. The molecule has 0 aliphatic rings. The van der Waals surface area contributed by atoms with Crippen molar-refractivity contribution in [3.63, 3.8) is 0 Å². The largest absolute Gasteiger partial charge is 0.321 e. The molecule has 0 radical (unpaired) electrons. The Bertz CT molecular complexity index is 1170. The maximum absolute atomic E-state index is 12.7. The third-order valence-corrected chi connectivity index (χ3v) is 6.05. The minimum absolute atomic E-state index is 0.0347. The number of halogens is 1. The highest BCUT2D eigenvalue weighted by molar-refractivity contribution is 7.89. The van der Waals surface area contributed by atoms with Gasteiger partial charge in [-0.15, -0.1) is 0 Å². The van der Waals surface area contributed by atoms with E-state index in [0.29, 0.717) is 11.3 Å².